The summed E-state index contributed by atoms with van der Waals surface area (Å²) in [6.07, 6.45) is 0. The lowest BCUT2D eigenvalue weighted by Crippen LogP contribution is -1.95. The molecule has 0 bridgehead atoms. The molecule has 0 radical (unpaired) electrons. The molecule has 36 heavy (non-hydrogen) atoms. The number of hydrogen-bond acceptors (Lipinski definition) is 1. The van der Waals surface area contributed by atoms with Crippen LogP contribution in [0.15, 0.2) is 120 Å². The molecule has 9 rings (SSSR count). The zero-order valence-corrected chi connectivity index (χ0v) is 19.3. The first kappa shape index (κ1) is 18.5. The van der Waals surface area contributed by atoms with Crippen LogP contribution in [-0.2, 0) is 0 Å². The van der Waals surface area contributed by atoms with Crippen molar-refractivity contribution in [3.63, 3.8) is 0 Å². The van der Waals surface area contributed by atoms with Gasteiger partial charge < -0.3 is 8.98 Å². The molecule has 2 heteroatoms. The van der Waals surface area contributed by atoms with E-state index in [-0.39, 0.29) is 0 Å². The van der Waals surface area contributed by atoms with Gasteiger partial charge in [-0.2, -0.15) is 0 Å². The smallest absolute Gasteiger partial charge is 0.143 e. The second kappa shape index (κ2) is 6.44. The molecule has 0 atom stereocenters. The number of benzene rings is 6. The first-order chi connectivity index (χ1) is 17.9. The first-order valence-electron chi connectivity index (χ1n) is 12.4. The van der Waals surface area contributed by atoms with Gasteiger partial charge in [0.25, 0.3) is 0 Å². The number of furan rings is 1. The fraction of sp³-hybridized carbons (Fsp3) is 0. The number of nitrogens with zero attached hydrogens (tertiary/aromatic N) is 1. The fourth-order valence-electron chi connectivity index (χ4n) is 6.48. The zero-order chi connectivity index (χ0) is 23.4. The highest BCUT2D eigenvalue weighted by Gasteiger charge is 2.27. The minimum Gasteiger partial charge on any atom is -0.455 e. The van der Waals surface area contributed by atoms with E-state index in [2.05, 4.69) is 114 Å². The SMILES string of the molecule is c1ccc2c(c1)oc1c3c(ccc12)-c1ccc(-n2c4ccccc4c4ccccc42)c2cccc-3c12. The van der Waals surface area contributed by atoms with Gasteiger partial charge in [0.1, 0.15) is 11.2 Å². The Morgan fingerprint density at radius 3 is 1.92 bits per heavy atom. The maximum absolute atomic E-state index is 6.47. The van der Waals surface area contributed by atoms with Crippen LogP contribution in [0.1, 0.15) is 0 Å². The Morgan fingerprint density at radius 1 is 0.444 bits per heavy atom. The van der Waals surface area contributed by atoms with E-state index in [1.54, 1.807) is 0 Å². The summed E-state index contributed by atoms with van der Waals surface area (Å²) in [5.74, 6) is 0. The maximum Gasteiger partial charge on any atom is 0.143 e. The van der Waals surface area contributed by atoms with Crippen molar-refractivity contribution in [2.45, 2.75) is 0 Å². The lowest BCUT2D eigenvalue weighted by atomic mass is 10.0. The largest absolute Gasteiger partial charge is 0.455 e. The predicted molar refractivity (Wildman–Crippen MR) is 150 cm³/mol. The topological polar surface area (TPSA) is 18.1 Å². The summed E-state index contributed by atoms with van der Waals surface area (Å²) >= 11 is 0. The van der Waals surface area contributed by atoms with Crippen molar-refractivity contribution in [2.75, 3.05) is 0 Å². The Morgan fingerprint density at radius 2 is 1.11 bits per heavy atom. The summed E-state index contributed by atoms with van der Waals surface area (Å²) < 4.78 is 8.89. The molecule has 0 spiro atoms. The number of fused-ring (bicyclic) bond motifs is 10. The minimum atomic E-state index is 0.940. The van der Waals surface area contributed by atoms with Crippen LogP contribution in [0.25, 0.3) is 82.5 Å². The van der Waals surface area contributed by atoms with E-state index in [1.807, 2.05) is 6.07 Å². The van der Waals surface area contributed by atoms with Crippen LogP contribution in [0, 0.1) is 0 Å². The van der Waals surface area contributed by atoms with Gasteiger partial charge in [-0.05, 0) is 52.4 Å². The van der Waals surface area contributed by atoms with Crippen molar-refractivity contribution in [3.8, 4) is 27.9 Å². The third-order valence-electron chi connectivity index (χ3n) is 7.95. The lowest BCUT2D eigenvalue weighted by molar-refractivity contribution is 0.670. The van der Waals surface area contributed by atoms with Gasteiger partial charge in [-0.25, -0.2) is 0 Å². The van der Waals surface area contributed by atoms with E-state index in [0.717, 1.165) is 11.2 Å². The Balaban J connectivity index is 1.42. The van der Waals surface area contributed by atoms with Gasteiger partial charge in [0, 0.05) is 32.5 Å². The molecule has 2 aromatic heterocycles. The maximum atomic E-state index is 6.47. The van der Waals surface area contributed by atoms with Crippen molar-refractivity contribution in [3.05, 3.63) is 115 Å². The Bertz CT molecular complexity index is 2160. The second-order valence-electron chi connectivity index (χ2n) is 9.69. The summed E-state index contributed by atoms with van der Waals surface area (Å²) in [5.41, 5.74) is 10.6. The molecular formula is C34H19NO. The van der Waals surface area contributed by atoms with Crippen molar-refractivity contribution >= 4 is 54.5 Å². The predicted octanol–water partition coefficient (Wildman–Crippen LogP) is 9.48. The second-order valence-corrected chi connectivity index (χ2v) is 9.69. The average Bonchev–Trinajstić information content (AvgIpc) is 3.58. The average molecular weight is 458 g/mol. The molecule has 166 valence electrons. The summed E-state index contributed by atoms with van der Waals surface area (Å²) in [7, 11) is 0. The molecule has 6 aromatic carbocycles. The van der Waals surface area contributed by atoms with E-state index in [0.29, 0.717) is 0 Å². The van der Waals surface area contributed by atoms with Crippen LogP contribution in [-0.4, -0.2) is 4.57 Å². The molecule has 2 nitrogen and oxygen atoms in total. The van der Waals surface area contributed by atoms with Crippen molar-refractivity contribution < 1.29 is 4.42 Å². The van der Waals surface area contributed by atoms with Gasteiger partial charge in [0.05, 0.1) is 16.7 Å². The highest BCUT2D eigenvalue weighted by Crippen LogP contribution is 2.52. The zero-order valence-electron chi connectivity index (χ0n) is 19.3. The van der Waals surface area contributed by atoms with Gasteiger partial charge in [0.2, 0.25) is 0 Å². The lowest BCUT2D eigenvalue weighted by Gasteiger charge is -2.13. The molecule has 0 unspecified atom stereocenters. The molecule has 0 saturated carbocycles. The first-order valence-corrected chi connectivity index (χ1v) is 12.4. The number of hydrogen-bond donors (Lipinski definition) is 0. The van der Waals surface area contributed by atoms with Crippen LogP contribution in [0.3, 0.4) is 0 Å². The Labute approximate surface area is 206 Å². The monoisotopic (exact) mass is 457 g/mol. The number of para-hydroxylation sites is 3. The third kappa shape index (κ3) is 2.14. The van der Waals surface area contributed by atoms with Gasteiger partial charge >= 0.3 is 0 Å². The number of aromatic nitrogens is 1. The van der Waals surface area contributed by atoms with Crippen LogP contribution in [0.2, 0.25) is 0 Å². The van der Waals surface area contributed by atoms with E-state index in [9.17, 15) is 0 Å². The summed E-state index contributed by atoms with van der Waals surface area (Å²) in [4.78, 5) is 0. The Kier molecular flexibility index (Phi) is 3.31. The number of rotatable bonds is 1. The van der Waals surface area contributed by atoms with Crippen LogP contribution in [0.5, 0.6) is 0 Å². The third-order valence-corrected chi connectivity index (χ3v) is 7.95. The standard InChI is InChI=1S/C34H19NO/c1-4-13-28-20(8-1)21-9-2-5-14-29(21)35(28)30-19-18-23-24-16-17-25-22-10-3-6-15-31(22)36-34(25)33(24)27-12-7-11-26(30)32(23)27/h1-19H. The van der Waals surface area contributed by atoms with Crippen LogP contribution in [0.4, 0.5) is 0 Å². The molecule has 0 aliphatic heterocycles. The molecule has 2 heterocycles. The summed E-state index contributed by atoms with van der Waals surface area (Å²) in [6, 6.07) is 41.5. The fourth-order valence-corrected chi connectivity index (χ4v) is 6.48. The van der Waals surface area contributed by atoms with Crippen molar-refractivity contribution in [1.82, 2.24) is 4.57 Å². The van der Waals surface area contributed by atoms with E-state index < -0.39 is 0 Å². The molecule has 0 amide bonds. The molecule has 1 aliphatic rings. The highest BCUT2D eigenvalue weighted by atomic mass is 16.3. The summed E-state index contributed by atoms with van der Waals surface area (Å²) in [6.45, 7) is 0. The quantitative estimate of drug-likeness (QED) is 0.240. The normalized spacial score (nSPS) is 12.4. The minimum absolute atomic E-state index is 0.940. The molecule has 8 aromatic rings. The van der Waals surface area contributed by atoms with Gasteiger partial charge in [0.15, 0.2) is 0 Å². The van der Waals surface area contributed by atoms with Crippen molar-refractivity contribution in [1.29, 1.82) is 0 Å². The van der Waals surface area contributed by atoms with Gasteiger partial charge in [-0.3, -0.25) is 0 Å². The van der Waals surface area contributed by atoms with Crippen molar-refractivity contribution in [2.24, 2.45) is 0 Å². The van der Waals surface area contributed by atoms with Gasteiger partial charge in [-0.1, -0.05) is 84.9 Å². The van der Waals surface area contributed by atoms with Gasteiger partial charge in [-0.15, -0.1) is 0 Å². The molecule has 0 saturated heterocycles. The van der Waals surface area contributed by atoms with E-state index in [4.69, 9.17) is 4.42 Å². The molecular weight excluding hydrogens is 438 g/mol. The summed E-state index contributed by atoms with van der Waals surface area (Å²) in [5, 5.41) is 7.48. The molecule has 0 fully saturated rings. The molecule has 0 N–H and O–H groups in total. The van der Waals surface area contributed by atoms with E-state index in [1.165, 1.54) is 71.3 Å². The van der Waals surface area contributed by atoms with Crippen LogP contribution >= 0.6 is 0 Å². The van der Waals surface area contributed by atoms with Crippen LogP contribution < -0.4 is 0 Å². The Hall–Kier alpha value is -4.82. The molecule has 1 aliphatic carbocycles. The highest BCUT2D eigenvalue weighted by molar-refractivity contribution is 6.24. The van der Waals surface area contributed by atoms with E-state index >= 15 is 0 Å².